The molecule has 9 rings (SSSR count). The monoisotopic (exact) mass is 566 g/mol. The van der Waals surface area contributed by atoms with Crippen LogP contribution < -0.4 is 0 Å². The van der Waals surface area contributed by atoms with Gasteiger partial charge in [-0.1, -0.05) is 109 Å². The van der Waals surface area contributed by atoms with E-state index in [4.69, 9.17) is 15.0 Å². The fourth-order valence-electron chi connectivity index (χ4n) is 6.56. The fraction of sp³-hybridized carbons (Fsp3) is 0. The van der Waals surface area contributed by atoms with E-state index in [1.54, 1.807) is 12.1 Å². The van der Waals surface area contributed by atoms with Gasteiger partial charge >= 0.3 is 0 Å². The van der Waals surface area contributed by atoms with Crippen molar-refractivity contribution in [1.82, 2.24) is 19.5 Å². The van der Waals surface area contributed by atoms with Crippen molar-refractivity contribution in [1.29, 1.82) is 0 Å². The minimum absolute atomic E-state index is 0.306. The zero-order valence-corrected chi connectivity index (χ0v) is 23.4. The largest absolute Gasteiger partial charge is 0.277 e. The molecule has 0 saturated heterocycles. The number of halogens is 1. The minimum atomic E-state index is -0.306. The summed E-state index contributed by atoms with van der Waals surface area (Å²) in [7, 11) is 0. The molecule has 7 aromatic carbocycles. The molecule has 9 aromatic rings. The number of hydrogen-bond acceptors (Lipinski definition) is 3. The normalized spacial score (nSPS) is 11.8. The highest BCUT2D eigenvalue weighted by atomic mass is 19.1. The van der Waals surface area contributed by atoms with E-state index in [1.807, 2.05) is 30.3 Å². The first-order valence-electron chi connectivity index (χ1n) is 14.6. The van der Waals surface area contributed by atoms with Crippen molar-refractivity contribution in [3.8, 4) is 28.7 Å². The first kappa shape index (κ1) is 24.6. The Balaban J connectivity index is 1.47. The van der Waals surface area contributed by atoms with Crippen molar-refractivity contribution < 1.29 is 4.39 Å². The van der Waals surface area contributed by atoms with Crippen molar-refractivity contribution in [2.75, 3.05) is 0 Å². The summed E-state index contributed by atoms with van der Waals surface area (Å²) in [4.78, 5) is 15.0. The molecule has 2 heterocycles. The molecule has 4 nitrogen and oxygen atoms in total. The van der Waals surface area contributed by atoms with Gasteiger partial charge in [0.05, 0.1) is 11.0 Å². The van der Waals surface area contributed by atoms with Crippen LogP contribution in [0.5, 0.6) is 0 Å². The number of hydrogen-bond donors (Lipinski definition) is 0. The molecule has 206 valence electrons. The number of nitrogens with zero attached hydrogens (tertiary/aromatic N) is 4. The van der Waals surface area contributed by atoms with Crippen LogP contribution in [0, 0.1) is 5.82 Å². The summed E-state index contributed by atoms with van der Waals surface area (Å²) in [6, 6.07) is 46.3. The van der Waals surface area contributed by atoms with Gasteiger partial charge in [0.15, 0.2) is 11.6 Å². The third kappa shape index (κ3) is 3.66. The van der Waals surface area contributed by atoms with Gasteiger partial charge in [-0.2, -0.15) is 9.97 Å². The van der Waals surface area contributed by atoms with Gasteiger partial charge in [0.25, 0.3) is 0 Å². The summed E-state index contributed by atoms with van der Waals surface area (Å²) < 4.78 is 16.1. The maximum absolute atomic E-state index is 13.9. The van der Waals surface area contributed by atoms with E-state index in [9.17, 15) is 4.39 Å². The molecule has 0 aliphatic heterocycles. The molecule has 0 aliphatic carbocycles. The first-order valence-corrected chi connectivity index (χ1v) is 14.6. The van der Waals surface area contributed by atoms with E-state index in [2.05, 4.69) is 89.5 Å². The molecule has 0 fully saturated rings. The van der Waals surface area contributed by atoms with Gasteiger partial charge in [-0.25, -0.2) is 9.37 Å². The number of benzene rings is 7. The standard InChI is InChI=1S/C39H23FN4/c40-27-21-18-26(19-22-27)38-41-37(25-11-2-1-3-12-25)42-39(43-38)44-33-17-9-8-16-31(33)35-32-23-20-24-10-4-5-13-28(24)34(32)29-14-6-7-15-30(29)36(35)44/h1-23H. The highest BCUT2D eigenvalue weighted by Crippen LogP contribution is 2.44. The van der Waals surface area contributed by atoms with Crippen LogP contribution in [0.3, 0.4) is 0 Å². The molecule has 0 aliphatic rings. The maximum atomic E-state index is 13.9. The van der Waals surface area contributed by atoms with Gasteiger partial charge in [-0.15, -0.1) is 0 Å². The smallest absolute Gasteiger partial charge is 0.238 e. The van der Waals surface area contributed by atoms with Crippen molar-refractivity contribution in [3.63, 3.8) is 0 Å². The Morgan fingerprint density at radius 2 is 1.05 bits per heavy atom. The lowest BCUT2D eigenvalue weighted by Crippen LogP contribution is -2.06. The second-order valence-electron chi connectivity index (χ2n) is 11.0. The molecular formula is C39H23FN4. The molecule has 5 heteroatoms. The Morgan fingerprint density at radius 3 is 1.82 bits per heavy atom. The van der Waals surface area contributed by atoms with Crippen LogP contribution in [-0.2, 0) is 0 Å². The second kappa shape index (κ2) is 9.54. The lowest BCUT2D eigenvalue weighted by molar-refractivity contribution is 0.628. The van der Waals surface area contributed by atoms with E-state index in [-0.39, 0.29) is 5.82 Å². The van der Waals surface area contributed by atoms with Gasteiger partial charge in [-0.3, -0.25) is 4.57 Å². The third-order valence-corrected chi connectivity index (χ3v) is 8.48. The fourth-order valence-corrected chi connectivity index (χ4v) is 6.56. The van der Waals surface area contributed by atoms with Crippen molar-refractivity contribution >= 4 is 54.1 Å². The Kier molecular flexibility index (Phi) is 5.34. The Labute approximate surface area is 251 Å². The van der Waals surface area contributed by atoms with Gasteiger partial charge < -0.3 is 0 Å². The molecular weight excluding hydrogens is 543 g/mol. The summed E-state index contributed by atoms with van der Waals surface area (Å²) in [6.45, 7) is 0. The Hall–Kier alpha value is -5.94. The highest BCUT2D eigenvalue weighted by molar-refractivity contribution is 6.36. The van der Waals surface area contributed by atoms with Crippen molar-refractivity contribution in [3.05, 3.63) is 145 Å². The molecule has 0 saturated carbocycles. The van der Waals surface area contributed by atoms with Crippen LogP contribution in [0.15, 0.2) is 140 Å². The van der Waals surface area contributed by atoms with E-state index in [0.717, 1.165) is 38.3 Å². The van der Waals surface area contributed by atoms with Crippen LogP contribution in [-0.4, -0.2) is 19.5 Å². The van der Waals surface area contributed by atoms with Gasteiger partial charge in [0, 0.05) is 27.3 Å². The summed E-state index contributed by atoms with van der Waals surface area (Å²) >= 11 is 0. The number of para-hydroxylation sites is 1. The number of aromatic nitrogens is 4. The molecule has 2 aromatic heterocycles. The van der Waals surface area contributed by atoms with Gasteiger partial charge in [-0.05, 0) is 57.3 Å². The summed E-state index contributed by atoms with van der Waals surface area (Å²) in [5.41, 5.74) is 3.64. The van der Waals surface area contributed by atoms with Gasteiger partial charge in [0.2, 0.25) is 5.95 Å². The molecule has 0 unspecified atom stereocenters. The quantitative estimate of drug-likeness (QED) is 0.200. The van der Waals surface area contributed by atoms with Crippen LogP contribution in [0.25, 0.3) is 82.8 Å². The van der Waals surface area contributed by atoms with E-state index in [1.165, 1.54) is 39.1 Å². The molecule has 0 spiro atoms. The summed E-state index contributed by atoms with van der Waals surface area (Å²) in [5.74, 6) is 1.24. The van der Waals surface area contributed by atoms with Crippen LogP contribution >= 0.6 is 0 Å². The van der Waals surface area contributed by atoms with Crippen LogP contribution in [0.4, 0.5) is 4.39 Å². The van der Waals surface area contributed by atoms with E-state index in [0.29, 0.717) is 17.6 Å². The van der Waals surface area contributed by atoms with Crippen LogP contribution in [0.2, 0.25) is 0 Å². The Bertz CT molecular complexity index is 2550. The first-order chi connectivity index (χ1) is 21.7. The lowest BCUT2D eigenvalue weighted by Gasteiger charge is -2.14. The van der Waals surface area contributed by atoms with Crippen molar-refractivity contribution in [2.24, 2.45) is 0 Å². The van der Waals surface area contributed by atoms with E-state index < -0.39 is 0 Å². The molecule has 0 atom stereocenters. The van der Waals surface area contributed by atoms with Crippen LogP contribution in [0.1, 0.15) is 0 Å². The number of rotatable bonds is 3. The average Bonchev–Trinajstić information content (AvgIpc) is 3.44. The second-order valence-corrected chi connectivity index (χ2v) is 11.0. The minimum Gasteiger partial charge on any atom is -0.277 e. The predicted molar refractivity (Wildman–Crippen MR) is 178 cm³/mol. The van der Waals surface area contributed by atoms with E-state index >= 15 is 0 Å². The average molecular weight is 567 g/mol. The Morgan fingerprint density at radius 1 is 0.432 bits per heavy atom. The zero-order chi connectivity index (χ0) is 29.2. The predicted octanol–water partition coefficient (Wildman–Crippen LogP) is 9.90. The van der Waals surface area contributed by atoms with Crippen molar-refractivity contribution in [2.45, 2.75) is 0 Å². The SMILES string of the molecule is Fc1ccc(-c2nc(-c3ccccc3)nc(-n3c4ccccc4c4c5ccc6ccccc6c5c5ccccc5c43)n2)cc1. The molecule has 0 amide bonds. The summed E-state index contributed by atoms with van der Waals surface area (Å²) in [5, 5.41) is 9.43. The molecule has 0 bridgehead atoms. The lowest BCUT2D eigenvalue weighted by atomic mass is 9.93. The summed E-state index contributed by atoms with van der Waals surface area (Å²) in [6.07, 6.45) is 0. The third-order valence-electron chi connectivity index (χ3n) is 8.48. The highest BCUT2D eigenvalue weighted by Gasteiger charge is 2.22. The maximum Gasteiger partial charge on any atom is 0.238 e. The molecule has 44 heavy (non-hydrogen) atoms. The zero-order valence-electron chi connectivity index (χ0n) is 23.4. The molecule has 0 N–H and O–H groups in total. The molecule has 0 radical (unpaired) electrons. The number of fused-ring (bicyclic) bond motifs is 10. The van der Waals surface area contributed by atoms with Gasteiger partial charge in [0.1, 0.15) is 5.82 Å². The topological polar surface area (TPSA) is 43.6 Å².